The van der Waals surface area contributed by atoms with Crippen LogP contribution < -0.4 is 10.9 Å². The maximum atomic E-state index is 12.2. The Kier molecular flexibility index (Phi) is 4.56. The summed E-state index contributed by atoms with van der Waals surface area (Å²) in [5.41, 5.74) is 1.03. The second kappa shape index (κ2) is 6.96. The molecule has 7 heteroatoms. The van der Waals surface area contributed by atoms with E-state index in [1.54, 1.807) is 0 Å². The van der Waals surface area contributed by atoms with Crippen molar-refractivity contribution in [3.05, 3.63) is 86.7 Å². The first-order valence-electron chi connectivity index (χ1n) is 7.63. The fraction of sp³-hybridized carbons (Fsp3) is 0.111. The second-order valence-electron chi connectivity index (χ2n) is 5.52. The fourth-order valence-electron chi connectivity index (χ4n) is 2.56. The Morgan fingerprint density at radius 3 is 2.56 bits per heavy atom. The van der Waals surface area contributed by atoms with Crippen molar-refractivity contribution in [1.29, 1.82) is 0 Å². The van der Waals surface area contributed by atoms with E-state index in [0.717, 1.165) is 5.56 Å². The van der Waals surface area contributed by atoms with E-state index in [1.165, 1.54) is 34.9 Å². The van der Waals surface area contributed by atoms with Crippen LogP contribution in [0.25, 0.3) is 10.9 Å². The van der Waals surface area contributed by atoms with Crippen LogP contribution in [0, 0.1) is 10.1 Å². The number of carbonyl (C=O) groups excluding carboxylic acids is 1. The summed E-state index contributed by atoms with van der Waals surface area (Å²) in [6.07, 6.45) is 0. The van der Waals surface area contributed by atoms with Crippen LogP contribution in [0.1, 0.15) is 5.56 Å². The van der Waals surface area contributed by atoms with Gasteiger partial charge in [0.05, 0.1) is 10.4 Å². The molecule has 1 N–H and O–H groups in total. The van der Waals surface area contributed by atoms with Crippen molar-refractivity contribution >= 4 is 22.5 Å². The zero-order chi connectivity index (χ0) is 17.8. The minimum absolute atomic E-state index is 0.0637. The lowest BCUT2D eigenvalue weighted by Gasteiger charge is -2.10. The Bertz CT molecular complexity index is 996. The number of carbonyl (C=O) groups is 1. The van der Waals surface area contributed by atoms with Crippen LogP contribution in [0.2, 0.25) is 0 Å². The van der Waals surface area contributed by atoms with E-state index in [-0.39, 0.29) is 23.7 Å². The normalized spacial score (nSPS) is 10.6. The molecule has 0 aliphatic rings. The molecule has 0 saturated heterocycles. The number of rotatable bonds is 5. The van der Waals surface area contributed by atoms with Gasteiger partial charge < -0.3 is 5.32 Å². The maximum Gasteiger partial charge on any atom is 0.270 e. The first-order valence-corrected chi connectivity index (χ1v) is 7.63. The summed E-state index contributed by atoms with van der Waals surface area (Å²) in [5, 5.41) is 14.2. The molecule has 126 valence electrons. The Labute approximate surface area is 142 Å². The number of nitro groups is 1. The van der Waals surface area contributed by atoms with E-state index in [2.05, 4.69) is 5.32 Å². The number of nitro benzene ring substituents is 1. The molecule has 1 amide bonds. The van der Waals surface area contributed by atoms with Crippen LogP contribution in [-0.4, -0.2) is 15.4 Å². The lowest BCUT2D eigenvalue weighted by molar-refractivity contribution is -0.384. The van der Waals surface area contributed by atoms with E-state index in [1.807, 2.05) is 30.3 Å². The number of aromatic nitrogens is 1. The molecule has 0 aliphatic carbocycles. The van der Waals surface area contributed by atoms with E-state index >= 15 is 0 Å². The molecule has 0 fully saturated rings. The van der Waals surface area contributed by atoms with Crippen molar-refractivity contribution in [3.8, 4) is 0 Å². The summed E-state index contributed by atoms with van der Waals surface area (Å²) in [6.45, 7) is 0.214. The van der Waals surface area contributed by atoms with Gasteiger partial charge in [0, 0.05) is 30.1 Å². The van der Waals surface area contributed by atoms with Gasteiger partial charge in [0.25, 0.3) is 11.2 Å². The minimum atomic E-state index is -0.499. The number of amides is 1. The number of fused-ring (bicyclic) bond motifs is 1. The van der Waals surface area contributed by atoms with Gasteiger partial charge in [-0.3, -0.25) is 24.3 Å². The van der Waals surface area contributed by atoms with Gasteiger partial charge in [-0.15, -0.1) is 0 Å². The van der Waals surface area contributed by atoms with E-state index in [9.17, 15) is 19.7 Å². The highest BCUT2D eigenvalue weighted by atomic mass is 16.6. The van der Waals surface area contributed by atoms with Gasteiger partial charge in [-0.1, -0.05) is 30.3 Å². The lowest BCUT2D eigenvalue weighted by Crippen LogP contribution is -2.31. The summed E-state index contributed by atoms with van der Waals surface area (Å²) < 4.78 is 1.30. The number of pyridine rings is 1. The molecule has 3 rings (SSSR count). The van der Waals surface area contributed by atoms with Crippen LogP contribution in [0.3, 0.4) is 0 Å². The Morgan fingerprint density at radius 1 is 1.08 bits per heavy atom. The van der Waals surface area contributed by atoms with Crippen LogP contribution in [-0.2, 0) is 17.9 Å². The SMILES string of the molecule is O=C(Cn1c(=O)ccc2cc([N+](=O)[O-])ccc21)NCc1ccccc1. The van der Waals surface area contributed by atoms with Gasteiger partial charge in [-0.25, -0.2) is 0 Å². The highest BCUT2D eigenvalue weighted by Crippen LogP contribution is 2.19. The quantitative estimate of drug-likeness (QED) is 0.570. The van der Waals surface area contributed by atoms with Crippen LogP contribution in [0.5, 0.6) is 0 Å². The third kappa shape index (κ3) is 3.72. The number of benzene rings is 2. The number of nitrogens with one attached hydrogen (secondary N) is 1. The van der Waals surface area contributed by atoms with Crippen LogP contribution in [0.15, 0.2) is 65.5 Å². The standard InChI is InChI=1S/C18H15N3O4/c22-17(19-11-13-4-2-1-3-5-13)12-20-16-8-7-15(21(24)25)10-14(16)6-9-18(20)23/h1-10H,11-12H2,(H,19,22). The largest absolute Gasteiger partial charge is 0.350 e. The van der Waals surface area contributed by atoms with Gasteiger partial charge in [0.2, 0.25) is 5.91 Å². The van der Waals surface area contributed by atoms with Gasteiger partial charge in [0.15, 0.2) is 0 Å². The average molecular weight is 337 g/mol. The predicted molar refractivity (Wildman–Crippen MR) is 93.2 cm³/mol. The van der Waals surface area contributed by atoms with Crippen LogP contribution >= 0.6 is 0 Å². The zero-order valence-corrected chi connectivity index (χ0v) is 13.2. The molecule has 7 nitrogen and oxygen atoms in total. The molecular formula is C18H15N3O4. The Morgan fingerprint density at radius 2 is 1.84 bits per heavy atom. The predicted octanol–water partition coefficient (Wildman–Crippen LogP) is 2.23. The van der Waals surface area contributed by atoms with Crippen molar-refractivity contribution < 1.29 is 9.72 Å². The Hall–Kier alpha value is -3.48. The molecule has 2 aromatic carbocycles. The average Bonchev–Trinajstić information content (AvgIpc) is 2.62. The molecule has 1 heterocycles. The molecule has 1 aromatic heterocycles. The van der Waals surface area contributed by atoms with Crippen molar-refractivity contribution in [2.75, 3.05) is 0 Å². The van der Waals surface area contributed by atoms with Crippen molar-refractivity contribution in [2.24, 2.45) is 0 Å². The molecule has 0 unspecified atom stereocenters. The first kappa shape index (κ1) is 16.4. The highest BCUT2D eigenvalue weighted by Gasteiger charge is 2.11. The van der Waals surface area contributed by atoms with Gasteiger partial charge in [-0.05, 0) is 17.7 Å². The molecular weight excluding hydrogens is 322 g/mol. The molecule has 0 saturated carbocycles. The van der Waals surface area contributed by atoms with Crippen molar-refractivity contribution in [2.45, 2.75) is 13.1 Å². The third-order valence-corrected chi connectivity index (χ3v) is 3.82. The molecule has 25 heavy (non-hydrogen) atoms. The van der Waals surface area contributed by atoms with E-state index in [4.69, 9.17) is 0 Å². The number of hydrogen-bond donors (Lipinski definition) is 1. The van der Waals surface area contributed by atoms with Crippen molar-refractivity contribution in [3.63, 3.8) is 0 Å². The topological polar surface area (TPSA) is 94.2 Å². The van der Waals surface area contributed by atoms with E-state index < -0.39 is 4.92 Å². The molecule has 0 radical (unpaired) electrons. The lowest BCUT2D eigenvalue weighted by atomic mass is 10.2. The molecule has 0 aliphatic heterocycles. The minimum Gasteiger partial charge on any atom is -0.350 e. The number of nitrogens with zero attached hydrogens (tertiary/aromatic N) is 2. The molecule has 0 spiro atoms. The monoisotopic (exact) mass is 337 g/mol. The van der Waals surface area contributed by atoms with Gasteiger partial charge >= 0.3 is 0 Å². The van der Waals surface area contributed by atoms with Gasteiger partial charge in [0.1, 0.15) is 6.54 Å². The molecule has 0 atom stereocenters. The first-order chi connectivity index (χ1) is 12.0. The summed E-state index contributed by atoms with van der Waals surface area (Å²) >= 11 is 0. The third-order valence-electron chi connectivity index (χ3n) is 3.82. The van der Waals surface area contributed by atoms with E-state index in [0.29, 0.717) is 17.4 Å². The Balaban J connectivity index is 1.82. The summed E-state index contributed by atoms with van der Waals surface area (Å²) in [4.78, 5) is 34.7. The maximum absolute atomic E-state index is 12.2. The van der Waals surface area contributed by atoms with Crippen LogP contribution in [0.4, 0.5) is 5.69 Å². The van der Waals surface area contributed by atoms with Crippen molar-refractivity contribution in [1.82, 2.24) is 9.88 Å². The summed E-state index contributed by atoms with van der Waals surface area (Å²) in [6, 6.07) is 16.4. The summed E-state index contributed by atoms with van der Waals surface area (Å²) in [5.74, 6) is -0.309. The number of non-ortho nitro benzene ring substituents is 1. The zero-order valence-electron chi connectivity index (χ0n) is 13.2. The molecule has 0 bridgehead atoms. The molecule has 3 aromatic rings. The smallest absolute Gasteiger partial charge is 0.270 e. The highest BCUT2D eigenvalue weighted by molar-refractivity contribution is 5.83. The fourth-order valence-corrected chi connectivity index (χ4v) is 2.56. The van der Waals surface area contributed by atoms with Gasteiger partial charge in [-0.2, -0.15) is 0 Å². The second-order valence-corrected chi connectivity index (χ2v) is 5.52. The summed E-state index contributed by atoms with van der Waals surface area (Å²) in [7, 11) is 0. The number of hydrogen-bond acceptors (Lipinski definition) is 4.